The van der Waals surface area contributed by atoms with Gasteiger partial charge in [0.05, 0.1) is 0 Å². The molecule has 3 nitrogen and oxygen atoms in total. The number of hydrogen-bond donors (Lipinski definition) is 1. The second kappa shape index (κ2) is 4.70. The number of ether oxygens (including phenoxy) is 1. The molecule has 3 heteroatoms. The quantitative estimate of drug-likeness (QED) is 0.575. The first-order chi connectivity index (χ1) is 5.33. The van der Waals surface area contributed by atoms with Gasteiger partial charge in [0.25, 0.3) is 0 Å². The van der Waals surface area contributed by atoms with Crippen molar-refractivity contribution in [3.05, 3.63) is 0 Å². The Balaban J connectivity index is 1.81. The van der Waals surface area contributed by atoms with Crippen LogP contribution in [0.4, 0.5) is 0 Å². The average molecular weight is 158 g/mol. The molecule has 0 spiro atoms. The van der Waals surface area contributed by atoms with Crippen LogP contribution in [0.15, 0.2) is 0 Å². The zero-order valence-corrected chi connectivity index (χ0v) is 7.25. The lowest BCUT2D eigenvalue weighted by Gasteiger charge is -2.36. The predicted octanol–water partition coefficient (Wildman–Crippen LogP) is 0.0559. The minimum absolute atomic E-state index is 0.442. The van der Waals surface area contributed by atoms with E-state index in [4.69, 9.17) is 10.5 Å². The zero-order chi connectivity index (χ0) is 8.10. The Kier molecular flexibility index (Phi) is 3.83. The van der Waals surface area contributed by atoms with Crippen LogP contribution in [0.2, 0.25) is 0 Å². The Labute approximate surface area is 68.5 Å². The molecule has 11 heavy (non-hydrogen) atoms. The summed E-state index contributed by atoms with van der Waals surface area (Å²) in [5.74, 6) is 0. The molecule has 0 aromatic heterocycles. The smallest absolute Gasteiger partial charge is 0.0462 e. The number of unbranched alkanes of at least 4 members (excludes halogenated alkanes) is 1. The van der Waals surface area contributed by atoms with Gasteiger partial charge in [0, 0.05) is 32.8 Å². The molecule has 2 N–H and O–H groups in total. The van der Waals surface area contributed by atoms with Crippen molar-refractivity contribution in [1.82, 2.24) is 4.90 Å². The van der Waals surface area contributed by atoms with Crippen LogP contribution in [0.25, 0.3) is 0 Å². The van der Waals surface area contributed by atoms with Crippen LogP contribution in [-0.2, 0) is 4.74 Å². The largest absolute Gasteiger partial charge is 0.385 e. The van der Waals surface area contributed by atoms with Crippen molar-refractivity contribution < 1.29 is 4.74 Å². The summed E-state index contributed by atoms with van der Waals surface area (Å²) in [4.78, 5) is 2.39. The molecular formula is C8H18N2O. The van der Waals surface area contributed by atoms with E-state index in [2.05, 4.69) is 4.90 Å². The molecule has 0 atom stereocenters. The molecule has 66 valence electrons. The van der Waals surface area contributed by atoms with Gasteiger partial charge in [-0.15, -0.1) is 0 Å². The van der Waals surface area contributed by atoms with E-state index in [1.165, 1.54) is 19.4 Å². The third-order valence-corrected chi connectivity index (χ3v) is 2.06. The minimum Gasteiger partial charge on any atom is -0.385 e. The number of nitrogens with two attached hydrogens (primary N) is 1. The first kappa shape index (κ1) is 8.97. The summed E-state index contributed by atoms with van der Waals surface area (Å²) in [7, 11) is 1.75. The molecule has 1 aliphatic heterocycles. The van der Waals surface area contributed by atoms with E-state index in [-0.39, 0.29) is 0 Å². The van der Waals surface area contributed by atoms with E-state index in [0.717, 1.165) is 19.7 Å². The third-order valence-electron chi connectivity index (χ3n) is 2.06. The maximum absolute atomic E-state index is 5.63. The van der Waals surface area contributed by atoms with Gasteiger partial charge in [0.15, 0.2) is 0 Å². The fourth-order valence-corrected chi connectivity index (χ4v) is 1.37. The van der Waals surface area contributed by atoms with Crippen molar-refractivity contribution in [2.75, 3.05) is 33.4 Å². The fraction of sp³-hybridized carbons (Fsp3) is 1.00. The first-order valence-electron chi connectivity index (χ1n) is 4.30. The fourth-order valence-electron chi connectivity index (χ4n) is 1.37. The zero-order valence-electron chi connectivity index (χ0n) is 7.25. The van der Waals surface area contributed by atoms with E-state index in [0.29, 0.717) is 6.04 Å². The Morgan fingerprint density at radius 2 is 2.18 bits per heavy atom. The molecule has 0 aliphatic carbocycles. The lowest BCUT2D eigenvalue weighted by atomic mass is 10.1. The van der Waals surface area contributed by atoms with Crippen molar-refractivity contribution in [1.29, 1.82) is 0 Å². The molecule has 0 unspecified atom stereocenters. The van der Waals surface area contributed by atoms with Crippen molar-refractivity contribution in [3.8, 4) is 0 Å². The maximum atomic E-state index is 5.63. The van der Waals surface area contributed by atoms with E-state index in [1.54, 1.807) is 7.11 Å². The van der Waals surface area contributed by atoms with Gasteiger partial charge in [-0.05, 0) is 19.4 Å². The van der Waals surface area contributed by atoms with Crippen LogP contribution >= 0.6 is 0 Å². The highest BCUT2D eigenvalue weighted by atomic mass is 16.5. The summed E-state index contributed by atoms with van der Waals surface area (Å²) in [5, 5.41) is 0. The highest BCUT2D eigenvalue weighted by molar-refractivity contribution is 4.81. The summed E-state index contributed by atoms with van der Waals surface area (Å²) in [6.07, 6.45) is 2.41. The summed E-state index contributed by atoms with van der Waals surface area (Å²) in [5.41, 5.74) is 5.63. The van der Waals surface area contributed by atoms with Crippen LogP contribution in [0.3, 0.4) is 0 Å². The second-order valence-electron chi connectivity index (χ2n) is 3.22. The van der Waals surface area contributed by atoms with Gasteiger partial charge >= 0.3 is 0 Å². The third kappa shape index (κ3) is 3.18. The Hall–Kier alpha value is -0.120. The molecule has 1 aliphatic rings. The maximum Gasteiger partial charge on any atom is 0.0462 e. The van der Waals surface area contributed by atoms with Crippen molar-refractivity contribution in [3.63, 3.8) is 0 Å². The molecule has 0 radical (unpaired) electrons. The predicted molar refractivity (Wildman–Crippen MR) is 45.5 cm³/mol. The average Bonchev–Trinajstić information content (AvgIpc) is 1.94. The van der Waals surface area contributed by atoms with Gasteiger partial charge < -0.3 is 15.4 Å². The Morgan fingerprint density at radius 1 is 1.45 bits per heavy atom. The second-order valence-corrected chi connectivity index (χ2v) is 3.22. The van der Waals surface area contributed by atoms with Gasteiger partial charge in [-0.2, -0.15) is 0 Å². The number of methoxy groups -OCH3 is 1. The molecule has 1 rings (SSSR count). The molecule has 0 amide bonds. The highest BCUT2D eigenvalue weighted by Gasteiger charge is 2.21. The highest BCUT2D eigenvalue weighted by Crippen LogP contribution is 2.06. The minimum atomic E-state index is 0.442. The normalized spacial score (nSPS) is 20.2. The van der Waals surface area contributed by atoms with Gasteiger partial charge in [0.2, 0.25) is 0 Å². The standard InChI is InChI=1S/C8H18N2O/c1-11-5-3-2-4-10-6-8(9)7-10/h8H,2-7,9H2,1H3. The van der Waals surface area contributed by atoms with Crippen LogP contribution < -0.4 is 5.73 Å². The van der Waals surface area contributed by atoms with Gasteiger partial charge in [-0.3, -0.25) is 0 Å². The van der Waals surface area contributed by atoms with Crippen molar-refractivity contribution in [2.24, 2.45) is 5.73 Å². The topological polar surface area (TPSA) is 38.5 Å². The van der Waals surface area contributed by atoms with Gasteiger partial charge in [-0.25, -0.2) is 0 Å². The number of hydrogen-bond acceptors (Lipinski definition) is 3. The summed E-state index contributed by atoms with van der Waals surface area (Å²) >= 11 is 0. The number of likely N-dealkylation sites (tertiary alicyclic amines) is 1. The molecule has 1 heterocycles. The van der Waals surface area contributed by atoms with Crippen LogP contribution in [0.1, 0.15) is 12.8 Å². The molecular weight excluding hydrogens is 140 g/mol. The molecule has 0 saturated carbocycles. The summed E-state index contributed by atoms with van der Waals surface area (Å²) < 4.78 is 4.95. The molecule has 0 aromatic rings. The molecule has 1 saturated heterocycles. The first-order valence-corrected chi connectivity index (χ1v) is 4.30. The van der Waals surface area contributed by atoms with E-state index in [9.17, 15) is 0 Å². The van der Waals surface area contributed by atoms with E-state index < -0.39 is 0 Å². The monoisotopic (exact) mass is 158 g/mol. The van der Waals surface area contributed by atoms with Crippen LogP contribution in [0, 0.1) is 0 Å². The molecule has 0 aromatic carbocycles. The number of nitrogens with zero attached hydrogens (tertiary/aromatic N) is 1. The van der Waals surface area contributed by atoms with E-state index in [1.807, 2.05) is 0 Å². The summed E-state index contributed by atoms with van der Waals surface area (Å²) in [6.45, 7) is 4.26. The lowest BCUT2D eigenvalue weighted by Crippen LogP contribution is -2.55. The van der Waals surface area contributed by atoms with Crippen molar-refractivity contribution >= 4 is 0 Å². The van der Waals surface area contributed by atoms with Crippen LogP contribution in [-0.4, -0.2) is 44.3 Å². The van der Waals surface area contributed by atoms with Crippen molar-refractivity contribution in [2.45, 2.75) is 18.9 Å². The number of rotatable bonds is 5. The Bertz CT molecular complexity index is 102. The SMILES string of the molecule is COCCCCN1CC(N)C1. The lowest BCUT2D eigenvalue weighted by molar-refractivity contribution is 0.137. The Morgan fingerprint density at radius 3 is 2.73 bits per heavy atom. The molecule has 1 fully saturated rings. The molecule has 0 bridgehead atoms. The van der Waals surface area contributed by atoms with Gasteiger partial charge in [-0.1, -0.05) is 0 Å². The summed E-state index contributed by atoms with van der Waals surface area (Å²) in [6, 6.07) is 0.442. The van der Waals surface area contributed by atoms with Gasteiger partial charge in [0.1, 0.15) is 0 Å². The van der Waals surface area contributed by atoms with E-state index >= 15 is 0 Å². The van der Waals surface area contributed by atoms with Crippen LogP contribution in [0.5, 0.6) is 0 Å².